The predicted molar refractivity (Wildman–Crippen MR) is 87.0 cm³/mol. The van der Waals surface area contributed by atoms with Crippen molar-refractivity contribution >= 4 is 22.8 Å². The van der Waals surface area contributed by atoms with Crippen LogP contribution in [0, 0.1) is 13.8 Å². The highest BCUT2D eigenvalue weighted by Gasteiger charge is 2.37. The second-order valence-electron chi connectivity index (χ2n) is 6.16. The van der Waals surface area contributed by atoms with Gasteiger partial charge in [0.05, 0.1) is 18.7 Å². The molecule has 0 saturated carbocycles. The zero-order valence-electron chi connectivity index (χ0n) is 13.8. The van der Waals surface area contributed by atoms with E-state index in [-0.39, 0.29) is 19.0 Å². The number of carbonyl (C=O) groups is 2. The number of aryl methyl sites for hydroxylation is 2. The summed E-state index contributed by atoms with van der Waals surface area (Å²) in [4.78, 5) is 26.1. The molecule has 0 bridgehead atoms. The summed E-state index contributed by atoms with van der Waals surface area (Å²) in [5, 5.41) is 18.3. The molecule has 8 nitrogen and oxygen atoms in total. The van der Waals surface area contributed by atoms with E-state index < -0.39 is 12.0 Å². The molecule has 0 radical (unpaired) electrons. The largest absolute Gasteiger partial charge is 0.480 e. The molecule has 1 amide bonds. The van der Waals surface area contributed by atoms with E-state index in [1.807, 2.05) is 19.1 Å². The first-order valence-electron chi connectivity index (χ1n) is 7.86. The minimum atomic E-state index is -1.06. The first-order valence-corrected chi connectivity index (χ1v) is 7.86. The lowest BCUT2D eigenvalue weighted by molar-refractivity contribution is -0.143. The summed E-state index contributed by atoms with van der Waals surface area (Å²) >= 11 is 0. The van der Waals surface area contributed by atoms with Crippen molar-refractivity contribution < 1.29 is 19.1 Å². The number of rotatable bonds is 2. The summed E-state index contributed by atoms with van der Waals surface area (Å²) in [6.45, 7) is 3.88. The maximum absolute atomic E-state index is 13.1. The van der Waals surface area contributed by atoms with Gasteiger partial charge in [-0.3, -0.25) is 4.79 Å². The number of nitrogens with zero attached hydrogens (tertiary/aromatic N) is 4. The van der Waals surface area contributed by atoms with Crippen LogP contribution in [0.1, 0.15) is 27.6 Å². The Morgan fingerprint density at radius 1 is 1.28 bits per heavy atom. The number of carbonyl (C=O) groups excluding carboxylic acids is 1. The van der Waals surface area contributed by atoms with Gasteiger partial charge in [0.15, 0.2) is 5.82 Å². The Kier molecular flexibility index (Phi) is 3.34. The number of aromatic nitrogens is 3. The van der Waals surface area contributed by atoms with Crippen LogP contribution >= 0.6 is 0 Å². The van der Waals surface area contributed by atoms with E-state index in [2.05, 4.69) is 10.2 Å². The number of carboxylic acids is 1. The van der Waals surface area contributed by atoms with E-state index in [0.29, 0.717) is 28.2 Å². The third kappa shape index (κ3) is 2.29. The van der Waals surface area contributed by atoms with Crippen molar-refractivity contribution in [1.29, 1.82) is 0 Å². The molecule has 0 aliphatic carbocycles. The smallest absolute Gasteiger partial charge is 0.328 e. The van der Waals surface area contributed by atoms with Gasteiger partial charge in [-0.25, -0.2) is 4.79 Å². The van der Waals surface area contributed by atoms with Gasteiger partial charge in [0.2, 0.25) is 0 Å². The van der Waals surface area contributed by atoms with E-state index >= 15 is 0 Å². The van der Waals surface area contributed by atoms with Gasteiger partial charge >= 0.3 is 5.97 Å². The molecule has 3 aromatic rings. The number of fused-ring (bicyclic) bond motifs is 2. The normalized spacial score (nSPS) is 16.9. The number of aliphatic carboxylic acids is 1. The van der Waals surface area contributed by atoms with E-state index in [1.54, 1.807) is 17.6 Å². The lowest BCUT2D eigenvalue weighted by Gasteiger charge is -2.33. The maximum Gasteiger partial charge on any atom is 0.328 e. The number of furan rings is 1. The summed E-state index contributed by atoms with van der Waals surface area (Å²) in [6, 6.07) is 4.55. The maximum atomic E-state index is 13.1. The first kappa shape index (κ1) is 15.4. The van der Waals surface area contributed by atoms with Crippen LogP contribution in [-0.4, -0.2) is 42.7 Å². The zero-order chi connectivity index (χ0) is 17.7. The number of amides is 1. The second kappa shape index (κ2) is 5.44. The molecule has 1 unspecified atom stereocenters. The van der Waals surface area contributed by atoms with Crippen molar-refractivity contribution in [2.24, 2.45) is 0 Å². The van der Waals surface area contributed by atoms with E-state index in [9.17, 15) is 14.7 Å². The first-order chi connectivity index (χ1) is 12.0. The minimum absolute atomic E-state index is 0.0924. The van der Waals surface area contributed by atoms with Gasteiger partial charge in [-0.1, -0.05) is 18.2 Å². The number of carboxylic acid groups (broad SMARTS) is 1. The minimum Gasteiger partial charge on any atom is -0.480 e. The Balaban J connectivity index is 1.77. The third-order valence-electron chi connectivity index (χ3n) is 4.63. The summed E-state index contributed by atoms with van der Waals surface area (Å²) in [5.41, 5.74) is 1.91. The monoisotopic (exact) mass is 340 g/mol. The molecular formula is C17H16N4O4. The molecule has 25 heavy (non-hydrogen) atoms. The van der Waals surface area contributed by atoms with E-state index in [1.165, 1.54) is 11.2 Å². The van der Waals surface area contributed by atoms with Gasteiger partial charge < -0.3 is 19.0 Å². The number of hydrogen-bond donors (Lipinski definition) is 1. The molecule has 0 saturated heterocycles. The summed E-state index contributed by atoms with van der Waals surface area (Å²) in [6.07, 6.45) is 1.39. The summed E-state index contributed by atoms with van der Waals surface area (Å²) in [5.74, 6) is -0.232. The van der Waals surface area contributed by atoms with Crippen molar-refractivity contribution in [3.8, 4) is 0 Å². The van der Waals surface area contributed by atoms with E-state index in [4.69, 9.17) is 4.42 Å². The highest BCUT2D eigenvalue weighted by atomic mass is 16.4. The van der Waals surface area contributed by atoms with Crippen molar-refractivity contribution in [2.45, 2.75) is 33.0 Å². The van der Waals surface area contributed by atoms with Crippen molar-refractivity contribution in [3.05, 3.63) is 47.2 Å². The van der Waals surface area contributed by atoms with Crippen LogP contribution in [0.3, 0.4) is 0 Å². The van der Waals surface area contributed by atoms with Gasteiger partial charge in [0, 0.05) is 5.39 Å². The molecule has 1 aliphatic heterocycles. The SMILES string of the molecule is Cc1cccc2c(C(=O)N3Cc4nnc(C)n4CC3C(=O)O)coc12. The molecule has 3 heterocycles. The van der Waals surface area contributed by atoms with Crippen LogP contribution in [0.2, 0.25) is 0 Å². The van der Waals surface area contributed by atoms with Gasteiger partial charge in [-0.2, -0.15) is 0 Å². The molecule has 0 spiro atoms. The molecule has 1 aliphatic rings. The standard InChI is InChI=1S/C17H16N4O4/c1-9-4-3-5-11-12(8-25-15(9)11)16(22)21-7-14-19-18-10(2)20(14)6-13(21)17(23)24/h3-5,8,13H,6-7H2,1-2H3,(H,23,24). The molecule has 1 N–H and O–H groups in total. The summed E-state index contributed by atoms with van der Waals surface area (Å²) < 4.78 is 7.27. The quantitative estimate of drug-likeness (QED) is 0.762. The van der Waals surface area contributed by atoms with Crippen molar-refractivity contribution in [1.82, 2.24) is 19.7 Å². The average molecular weight is 340 g/mol. The van der Waals surface area contributed by atoms with E-state index in [0.717, 1.165) is 5.56 Å². The van der Waals surface area contributed by atoms with Gasteiger partial charge in [-0.05, 0) is 19.4 Å². The van der Waals surface area contributed by atoms with Gasteiger partial charge in [0.25, 0.3) is 5.91 Å². The molecule has 1 aromatic carbocycles. The number of hydrogen-bond acceptors (Lipinski definition) is 5. The number of para-hydroxylation sites is 1. The Morgan fingerprint density at radius 2 is 2.08 bits per heavy atom. The predicted octanol–water partition coefficient (Wildman–Crippen LogP) is 1.75. The molecule has 2 aromatic heterocycles. The highest BCUT2D eigenvalue weighted by molar-refractivity contribution is 6.07. The molecule has 4 rings (SSSR count). The molecule has 8 heteroatoms. The molecule has 0 fully saturated rings. The van der Waals surface area contributed by atoms with Gasteiger partial charge in [-0.15, -0.1) is 10.2 Å². The molecule has 1 atom stereocenters. The lowest BCUT2D eigenvalue weighted by Crippen LogP contribution is -2.50. The van der Waals surface area contributed by atoms with Crippen LogP contribution in [0.25, 0.3) is 11.0 Å². The Labute approximate surface area is 142 Å². The second-order valence-corrected chi connectivity index (χ2v) is 6.16. The Hall–Kier alpha value is -3.16. The lowest BCUT2D eigenvalue weighted by atomic mass is 10.1. The Morgan fingerprint density at radius 3 is 2.84 bits per heavy atom. The molecule has 128 valence electrons. The average Bonchev–Trinajstić information content (AvgIpc) is 3.18. The zero-order valence-corrected chi connectivity index (χ0v) is 13.8. The number of benzene rings is 1. The van der Waals surface area contributed by atoms with Crippen LogP contribution in [-0.2, 0) is 17.9 Å². The fraction of sp³-hybridized carbons (Fsp3) is 0.294. The molecular weight excluding hydrogens is 324 g/mol. The van der Waals surface area contributed by atoms with Crippen LogP contribution < -0.4 is 0 Å². The van der Waals surface area contributed by atoms with Crippen molar-refractivity contribution in [2.75, 3.05) is 0 Å². The van der Waals surface area contributed by atoms with Gasteiger partial charge in [0.1, 0.15) is 23.7 Å². The summed E-state index contributed by atoms with van der Waals surface area (Å²) in [7, 11) is 0. The van der Waals surface area contributed by atoms with Crippen molar-refractivity contribution in [3.63, 3.8) is 0 Å². The van der Waals surface area contributed by atoms with Crippen LogP contribution in [0.15, 0.2) is 28.9 Å². The topological polar surface area (TPSA) is 101 Å². The fourth-order valence-electron chi connectivity index (χ4n) is 3.26. The highest BCUT2D eigenvalue weighted by Crippen LogP contribution is 2.27. The third-order valence-corrected chi connectivity index (χ3v) is 4.63. The van der Waals surface area contributed by atoms with Crippen LogP contribution in [0.5, 0.6) is 0 Å². The van der Waals surface area contributed by atoms with Crippen LogP contribution in [0.4, 0.5) is 0 Å². The fourth-order valence-corrected chi connectivity index (χ4v) is 3.26. The Bertz CT molecular complexity index is 1000.